The van der Waals surface area contributed by atoms with Crippen LogP contribution in [0.4, 0.5) is 0 Å². The lowest BCUT2D eigenvalue weighted by molar-refractivity contribution is -0.140. The highest BCUT2D eigenvalue weighted by atomic mass is 79.9. The molecule has 2 aromatic rings. The molecule has 1 saturated carbocycles. The number of hydrogen-bond donors (Lipinski definition) is 0. The predicted octanol–water partition coefficient (Wildman–Crippen LogP) is 4.17. The number of ether oxygens (including phenoxy) is 1. The highest BCUT2D eigenvalue weighted by Crippen LogP contribution is 2.52. The summed E-state index contributed by atoms with van der Waals surface area (Å²) in [5.74, 6) is 0.186. The molecule has 6 heteroatoms. The first kappa shape index (κ1) is 18.3. The van der Waals surface area contributed by atoms with E-state index >= 15 is 0 Å². The quantitative estimate of drug-likeness (QED) is 0.390. The van der Waals surface area contributed by atoms with Gasteiger partial charge in [0.05, 0.1) is 18.1 Å². The van der Waals surface area contributed by atoms with Crippen molar-refractivity contribution >= 4 is 34.0 Å². The molecule has 0 spiro atoms. The monoisotopic (exact) mass is 450 g/mol. The number of fused-ring (bicyclic) bond motifs is 5. The van der Waals surface area contributed by atoms with Crippen LogP contribution in [0.1, 0.15) is 17.5 Å². The lowest BCUT2D eigenvalue weighted by atomic mass is 9.85. The Bertz CT molecular complexity index is 1000. The minimum absolute atomic E-state index is 0.179. The van der Waals surface area contributed by atoms with Gasteiger partial charge in [-0.15, -0.1) is 0 Å². The minimum Gasteiger partial charge on any atom is -0.488 e. The molecule has 3 aliphatic rings. The third kappa shape index (κ3) is 3.21. The molecule has 2 aliphatic carbocycles. The van der Waals surface area contributed by atoms with Gasteiger partial charge in [0, 0.05) is 10.0 Å². The lowest BCUT2D eigenvalue weighted by Crippen LogP contribution is -2.28. The number of benzene rings is 2. The number of carbonyl (C=O) groups is 2. The second-order valence-corrected chi connectivity index (χ2v) is 8.60. The lowest BCUT2D eigenvalue weighted by Gasteiger charge is -2.13. The molecule has 0 N–H and O–H groups in total. The summed E-state index contributed by atoms with van der Waals surface area (Å²) >= 11 is 3.42. The number of hydrogen-bond acceptors (Lipinski definition) is 4. The maximum Gasteiger partial charge on any atom is 0.254 e. The minimum atomic E-state index is -0.237. The molecule has 0 unspecified atom stereocenters. The summed E-state index contributed by atoms with van der Waals surface area (Å²) < 4.78 is 6.96. The summed E-state index contributed by atoms with van der Waals surface area (Å²) in [6.07, 6.45) is 6.62. The number of nitrogens with zero attached hydrogens (tertiary/aromatic N) is 2. The Morgan fingerprint density at radius 2 is 1.66 bits per heavy atom. The zero-order valence-electron chi connectivity index (χ0n) is 15.6. The number of carbonyl (C=O) groups excluding carboxylic acids is 2. The van der Waals surface area contributed by atoms with E-state index in [9.17, 15) is 9.59 Å². The molecule has 29 heavy (non-hydrogen) atoms. The molecule has 146 valence electrons. The van der Waals surface area contributed by atoms with E-state index in [4.69, 9.17) is 4.74 Å². The Morgan fingerprint density at radius 3 is 2.34 bits per heavy atom. The second kappa shape index (κ2) is 7.26. The van der Waals surface area contributed by atoms with Gasteiger partial charge in [0.15, 0.2) is 0 Å². The number of hydrazone groups is 1. The summed E-state index contributed by atoms with van der Waals surface area (Å²) in [5.41, 5.74) is 1.77. The van der Waals surface area contributed by atoms with Gasteiger partial charge in [-0.1, -0.05) is 52.3 Å². The highest BCUT2D eigenvalue weighted by Gasteiger charge is 2.59. The third-order valence-corrected chi connectivity index (χ3v) is 6.51. The molecular formula is C23H19BrN2O3. The first-order chi connectivity index (χ1) is 14.1. The van der Waals surface area contributed by atoms with Crippen LogP contribution in [0.3, 0.4) is 0 Å². The maximum absolute atomic E-state index is 12.8. The van der Waals surface area contributed by atoms with E-state index in [1.54, 1.807) is 6.21 Å². The number of rotatable bonds is 5. The van der Waals surface area contributed by atoms with E-state index in [1.807, 2.05) is 48.5 Å². The average molecular weight is 451 g/mol. The van der Waals surface area contributed by atoms with Gasteiger partial charge in [-0.25, -0.2) is 0 Å². The van der Waals surface area contributed by atoms with Crippen LogP contribution >= 0.6 is 15.9 Å². The van der Waals surface area contributed by atoms with Crippen molar-refractivity contribution in [3.05, 3.63) is 76.3 Å². The van der Waals surface area contributed by atoms with Crippen molar-refractivity contribution in [3.63, 3.8) is 0 Å². The molecule has 2 aromatic carbocycles. The Labute approximate surface area is 177 Å². The van der Waals surface area contributed by atoms with Crippen LogP contribution in [0.5, 0.6) is 5.75 Å². The zero-order valence-corrected chi connectivity index (χ0v) is 17.2. The molecule has 5 rings (SSSR count). The highest BCUT2D eigenvalue weighted by molar-refractivity contribution is 9.10. The Morgan fingerprint density at radius 1 is 1.00 bits per heavy atom. The van der Waals surface area contributed by atoms with Crippen LogP contribution < -0.4 is 4.74 Å². The molecule has 2 fully saturated rings. The normalized spacial score (nSPS) is 27.3. The van der Waals surface area contributed by atoms with Crippen molar-refractivity contribution in [1.82, 2.24) is 5.01 Å². The van der Waals surface area contributed by atoms with Gasteiger partial charge in [-0.2, -0.15) is 10.1 Å². The van der Waals surface area contributed by atoms with Crippen molar-refractivity contribution in [2.75, 3.05) is 0 Å². The Balaban J connectivity index is 1.32. The van der Waals surface area contributed by atoms with Gasteiger partial charge in [-0.3, -0.25) is 9.59 Å². The molecule has 5 nitrogen and oxygen atoms in total. The van der Waals surface area contributed by atoms with E-state index in [1.165, 1.54) is 0 Å². The largest absolute Gasteiger partial charge is 0.488 e. The molecular weight excluding hydrogens is 432 g/mol. The summed E-state index contributed by atoms with van der Waals surface area (Å²) in [5, 5.41) is 5.32. The molecule has 1 aliphatic heterocycles. The number of allylic oxidation sites excluding steroid dienone is 2. The van der Waals surface area contributed by atoms with E-state index in [0.717, 1.165) is 27.0 Å². The summed E-state index contributed by atoms with van der Waals surface area (Å²) in [7, 11) is 0. The third-order valence-electron chi connectivity index (χ3n) is 5.99. The van der Waals surface area contributed by atoms with Crippen LogP contribution in [-0.2, 0) is 16.2 Å². The van der Waals surface area contributed by atoms with Crippen LogP contribution in [0.25, 0.3) is 0 Å². The number of amides is 2. The molecule has 1 saturated heterocycles. The van der Waals surface area contributed by atoms with Gasteiger partial charge in [-0.05, 0) is 48.1 Å². The van der Waals surface area contributed by atoms with Gasteiger partial charge < -0.3 is 4.74 Å². The van der Waals surface area contributed by atoms with Crippen LogP contribution in [0.2, 0.25) is 0 Å². The molecule has 2 amide bonds. The molecule has 0 radical (unpaired) electrons. The smallest absolute Gasteiger partial charge is 0.254 e. The predicted molar refractivity (Wildman–Crippen MR) is 112 cm³/mol. The van der Waals surface area contributed by atoms with Crippen molar-refractivity contribution in [1.29, 1.82) is 0 Å². The second-order valence-electron chi connectivity index (χ2n) is 7.69. The standard InChI is InChI=1S/C23H19BrN2O3/c24-18-9-5-14(6-10-18)13-29-19-4-2-1-3-17(19)12-25-26-22(27)20-15-7-8-16(11-15)21(20)23(26)28/h1-10,12,15-16,20-21H,11,13H2/b25-12-/t15-,16-,20-,21-/m0/s1. The average Bonchev–Trinajstić information content (AvgIpc) is 3.41. The van der Waals surface area contributed by atoms with Crippen LogP contribution in [0, 0.1) is 23.7 Å². The molecule has 1 heterocycles. The fraction of sp³-hybridized carbons (Fsp3) is 0.261. The van der Waals surface area contributed by atoms with E-state index < -0.39 is 0 Å². The fourth-order valence-electron chi connectivity index (χ4n) is 4.58. The van der Waals surface area contributed by atoms with Crippen LogP contribution in [0.15, 0.2) is 70.3 Å². The van der Waals surface area contributed by atoms with Gasteiger partial charge >= 0.3 is 0 Å². The zero-order chi connectivity index (χ0) is 20.0. The van der Waals surface area contributed by atoms with Crippen molar-refractivity contribution in [2.45, 2.75) is 13.0 Å². The van der Waals surface area contributed by atoms with Crippen LogP contribution in [-0.4, -0.2) is 23.0 Å². The summed E-state index contributed by atoms with van der Waals surface area (Å²) in [6, 6.07) is 15.4. The van der Waals surface area contributed by atoms with Gasteiger partial charge in [0.25, 0.3) is 11.8 Å². The van der Waals surface area contributed by atoms with E-state index in [-0.39, 0.29) is 35.5 Å². The van der Waals surface area contributed by atoms with Gasteiger partial charge in [0.2, 0.25) is 0 Å². The SMILES string of the molecule is O=C1[C@@H]2[C@@H](C(=O)N1/N=C\c1ccccc1OCc1ccc(Br)cc1)[C@H]1C=C[C@H]2C1. The van der Waals surface area contributed by atoms with E-state index in [0.29, 0.717) is 12.4 Å². The Kier molecular flexibility index (Phi) is 4.59. The first-order valence-corrected chi connectivity index (χ1v) is 10.5. The molecule has 0 aromatic heterocycles. The molecule has 4 atom stereocenters. The van der Waals surface area contributed by atoms with Crippen molar-refractivity contribution in [3.8, 4) is 5.75 Å². The van der Waals surface area contributed by atoms with Gasteiger partial charge in [0.1, 0.15) is 12.4 Å². The van der Waals surface area contributed by atoms with Crippen molar-refractivity contribution < 1.29 is 14.3 Å². The fourth-order valence-corrected chi connectivity index (χ4v) is 4.85. The first-order valence-electron chi connectivity index (χ1n) is 9.68. The molecule has 2 bridgehead atoms. The summed E-state index contributed by atoms with van der Waals surface area (Å²) in [4.78, 5) is 25.5. The number of para-hydroxylation sites is 1. The van der Waals surface area contributed by atoms with E-state index in [2.05, 4.69) is 33.2 Å². The summed E-state index contributed by atoms with van der Waals surface area (Å²) in [6.45, 7) is 0.416. The number of imide groups is 1. The number of halogens is 1. The van der Waals surface area contributed by atoms with Crippen molar-refractivity contribution in [2.24, 2.45) is 28.8 Å². The topological polar surface area (TPSA) is 59.0 Å². The Hall–Kier alpha value is -2.73. The maximum atomic E-state index is 12.8.